The van der Waals surface area contributed by atoms with E-state index in [2.05, 4.69) is 212 Å². The van der Waals surface area contributed by atoms with Crippen molar-refractivity contribution in [2.45, 2.75) is 198 Å². The molecule has 0 radical (unpaired) electrons. The number of unbranched alkanes of at least 4 members (excludes halogenated alkanes) is 5. The Hall–Kier alpha value is -11.4. The predicted octanol–water partition coefficient (Wildman–Crippen LogP) is 36.2. The first-order chi connectivity index (χ1) is 70.4. The van der Waals surface area contributed by atoms with Crippen LogP contribution in [0.4, 0.5) is 0 Å². The van der Waals surface area contributed by atoms with Crippen molar-refractivity contribution in [3.63, 3.8) is 0 Å². The standard InChI is InChI=1S/C15H13NOS.C15H21NOS.C14H19NOS.2C12H15NOS.C10H11NOS.C10H11NS.C10H9NS.C9H4ClNOS.C8H6ClNOS/c1-2-6-12(7-3-1)10-11-17-15-16-13-8-4-5-9-14(13)18-15;1-3-4-5-6-9-12(2)17-15-16-13-10-7-8-11-14(13)18-15;1-3-4-5-8-11(2)16-14-15-12-9-6-7-10-13(12)17-14;1-9(2)7-8-14-12-13-10-5-3-4-6-11(10)15-12;1-3-6-9(2)14-12-13-10-7-4-5-8-11(10)15-12;1-6-4-5-8(12-3)9-10(6)13-7(2)11-9;1-6-4-9-10(5-7(6)2)12-8(3)11-9;1-2-5-10-11-8-6-3-4-7-9(8)12-10;1-2-12-9-11-8-6(10)4-3-5-7(8)13-9;1-11-8-10-7-5(9)3-2-4-6(7)12-8/h1-9H,10-11H2;7-8,10-12H,3-6,9H2,1-2H3;6-7,9-11H,3-5,8H2,1-2H3;3-6,9H,7-8H2,1-2H3;4-5,7-9H,3,6H2,1-2H3;4-5H,1-3H3;4-5H,1-3H3;2-4,6-7H,1,5H2;1,3-5H;2-4H,1H3. The first kappa shape index (κ1) is 112. The molecule has 0 aliphatic heterocycles. The van der Waals surface area contributed by atoms with Gasteiger partial charge >= 0.3 is 0 Å². The number of benzene rings is 11. The molecule has 30 heteroatoms. The Labute approximate surface area is 901 Å². The zero-order valence-corrected chi connectivity index (χ0v) is 94.3. The van der Waals surface area contributed by atoms with Crippen molar-refractivity contribution >= 4 is 239 Å². The third kappa shape index (κ3) is 35.7. The van der Waals surface area contributed by atoms with Crippen LogP contribution < -0.4 is 37.9 Å². The van der Waals surface area contributed by atoms with Gasteiger partial charge in [0.1, 0.15) is 28.4 Å². The summed E-state index contributed by atoms with van der Waals surface area (Å²) in [5.41, 5.74) is 15.2. The molecule has 21 aromatic rings. The van der Waals surface area contributed by atoms with E-state index in [1.807, 2.05) is 177 Å². The molecule has 21 rings (SSSR count). The molecule has 18 nitrogen and oxygen atoms in total. The number of rotatable bonds is 30. The molecule has 0 bridgehead atoms. The monoisotopic (exact) mass is 2160 g/mol. The van der Waals surface area contributed by atoms with E-state index in [-0.39, 0.29) is 18.3 Å². The molecular formula is C115H124Cl2N10O8S10. The van der Waals surface area contributed by atoms with Crippen molar-refractivity contribution in [1.29, 1.82) is 0 Å². The van der Waals surface area contributed by atoms with Gasteiger partial charge in [-0.3, -0.25) is 0 Å². The van der Waals surface area contributed by atoms with E-state index in [0.717, 1.165) is 163 Å². The number of fused-ring (bicyclic) bond motifs is 10. The third-order valence-electron chi connectivity index (χ3n) is 21.9. The predicted molar refractivity (Wildman–Crippen MR) is 625 cm³/mol. The van der Waals surface area contributed by atoms with Gasteiger partial charge in [-0.25, -0.2) is 49.8 Å². The molecule has 10 heterocycles. The Bertz CT molecular complexity index is 7330. The zero-order valence-electron chi connectivity index (χ0n) is 84.6. The van der Waals surface area contributed by atoms with Gasteiger partial charge in [0.05, 0.1) is 156 Å². The highest BCUT2D eigenvalue weighted by Crippen LogP contribution is 2.39. The second kappa shape index (κ2) is 59.4. The molecule has 0 saturated carbocycles. The lowest BCUT2D eigenvalue weighted by Gasteiger charge is -2.11. The lowest BCUT2D eigenvalue weighted by atomic mass is 10.1. The molecule has 0 spiro atoms. The summed E-state index contributed by atoms with van der Waals surface area (Å²) in [5, 5.41) is 9.70. The number of nitrogens with zero attached hydrogens (tertiary/aromatic N) is 10. The number of hydrogen-bond donors (Lipinski definition) is 0. The van der Waals surface area contributed by atoms with Gasteiger partial charge in [0.25, 0.3) is 36.4 Å². The fourth-order valence-electron chi connectivity index (χ4n) is 14.2. The van der Waals surface area contributed by atoms with Crippen molar-refractivity contribution in [3.8, 4) is 54.6 Å². The van der Waals surface area contributed by atoms with E-state index >= 15 is 0 Å². The summed E-state index contributed by atoms with van der Waals surface area (Å²) in [6.07, 6.45) is 26.0. The van der Waals surface area contributed by atoms with Crippen LogP contribution in [0.15, 0.2) is 249 Å². The molecule has 0 amide bonds. The normalized spacial score (nSPS) is 11.4. The summed E-state index contributed by atoms with van der Waals surface area (Å²) in [7, 11) is 3.28. The third-order valence-corrected chi connectivity index (χ3v) is 32.1. The maximum Gasteiger partial charge on any atom is 0.289 e. The van der Waals surface area contributed by atoms with Crippen LogP contribution in [0.5, 0.6) is 42.1 Å². The fraction of sp³-hybridized carbons (Fsp3) is 0.304. The molecule has 756 valence electrons. The van der Waals surface area contributed by atoms with Crippen LogP contribution in [0.25, 0.3) is 102 Å². The number of thiazole rings is 10. The SMILES string of the molecule is C#COc1nc2c(Cl)cccc2s1.C=CCc1nc2ccccc2s1.CC(C)CCOc1nc2ccccc2s1.CCCC(C)Oc1nc2ccccc2s1.CCCCCC(C)Oc1nc2ccccc2s1.CCCCCCC(C)Oc1nc2ccccc2s1.COc1ccc(C)c2sc(C)nc12.COc1nc2c(Cl)cccc2s1.Cc1nc2cc(C)c(C)cc2s1.c1ccc(CCOc2nc3ccccc3s2)cc1. The number of allylic oxidation sites excluding steroid dienone is 1. The molecule has 0 saturated heterocycles. The van der Waals surface area contributed by atoms with Crippen LogP contribution in [0, 0.1) is 53.1 Å². The number of para-hydroxylation sites is 8. The molecule has 0 aliphatic carbocycles. The van der Waals surface area contributed by atoms with E-state index in [1.165, 1.54) is 127 Å². The summed E-state index contributed by atoms with van der Waals surface area (Å²) in [6, 6.07) is 78.9. The highest BCUT2D eigenvalue weighted by atomic mass is 35.5. The van der Waals surface area contributed by atoms with Gasteiger partial charge in [0.15, 0.2) is 0 Å². The van der Waals surface area contributed by atoms with E-state index in [9.17, 15) is 0 Å². The minimum atomic E-state index is 0.260. The summed E-state index contributed by atoms with van der Waals surface area (Å²) >= 11 is 28.0. The van der Waals surface area contributed by atoms with Crippen molar-refractivity contribution in [2.24, 2.45) is 5.92 Å². The fourth-order valence-corrected chi connectivity index (χ4v) is 23.6. The maximum atomic E-state index is 5.92. The molecule has 145 heavy (non-hydrogen) atoms. The molecule has 3 unspecified atom stereocenters. The second-order valence-corrected chi connectivity index (χ2v) is 45.3. The van der Waals surface area contributed by atoms with Gasteiger partial charge in [-0.2, -0.15) is 0 Å². The topological polar surface area (TPSA) is 203 Å². The Morgan fingerprint density at radius 3 is 1.21 bits per heavy atom. The van der Waals surface area contributed by atoms with E-state index < -0.39 is 0 Å². The minimum absolute atomic E-state index is 0.260. The number of terminal acetylenes is 1. The van der Waals surface area contributed by atoms with Crippen molar-refractivity contribution in [3.05, 3.63) is 297 Å². The summed E-state index contributed by atoms with van der Waals surface area (Å²) in [4.78, 5) is 43.9. The van der Waals surface area contributed by atoms with Gasteiger partial charge in [-0.15, -0.1) is 40.6 Å². The number of ether oxygens (including phenoxy) is 8. The number of aryl methyl sites for hydroxylation is 5. The van der Waals surface area contributed by atoms with Crippen LogP contribution in [0.2, 0.25) is 10.0 Å². The molecule has 10 aromatic heterocycles. The number of aromatic nitrogens is 10. The lowest BCUT2D eigenvalue weighted by Crippen LogP contribution is -2.11. The van der Waals surface area contributed by atoms with Crippen molar-refractivity contribution in [2.75, 3.05) is 27.4 Å². The van der Waals surface area contributed by atoms with Crippen LogP contribution in [-0.4, -0.2) is 95.6 Å². The minimum Gasteiger partial charge on any atom is -0.494 e. The average molecular weight is 2170 g/mol. The summed E-state index contributed by atoms with van der Waals surface area (Å²) < 4.78 is 55.6. The Kier molecular flexibility index (Phi) is 46.0. The van der Waals surface area contributed by atoms with Crippen LogP contribution in [-0.2, 0) is 12.8 Å². The van der Waals surface area contributed by atoms with Gasteiger partial charge < -0.3 is 37.9 Å². The number of methoxy groups -OCH3 is 2. The molecule has 0 N–H and O–H groups in total. The van der Waals surface area contributed by atoms with Crippen LogP contribution in [0.1, 0.15) is 170 Å². The van der Waals surface area contributed by atoms with Gasteiger partial charge in [0.2, 0.25) is 0 Å². The Morgan fingerprint density at radius 2 is 0.759 bits per heavy atom. The number of halogens is 2. The molecule has 3 atom stereocenters. The molecule has 0 fully saturated rings. The van der Waals surface area contributed by atoms with Crippen molar-refractivity contribution < 1.29 is 37.9 Å². The number of hydrogen-bond acceptors (Lipinski definition) is 28. The highest BCUT2D eigenvalue weighted by molar-refractivity contribution is 7.23. The van der Waals surface area contributed by atoms with Gasteiger partial charge in [0, 0.05) is 12.8 Å². The molecular weight excluding hydrogens is 2040 g/mol. The lowest BCUT2D eigenvalue weighted by molar-refractivity contribution is 0.206. The summed E-state index contributed by atoms with van der Waals surface area (Å²) in [6.45, 7) is 32.9. The van der Waals surface area contributed by atoms with Crippen LogP contribution >= 0.6 is 137 Å². The zero-order chi connectivity index (χ0) is 103. The highest BCUT2D eigenvalue weighted by Gasteiger charge is 2.17. The van der Waals surface area contributed by atoms with Gasteiger partial charge in [-0.05, 0) is 237 Å². The Balaban J connectivity index is 0.000000144. The first-order valence-electron chi connectivity index (χ1n) is 48.5. The van der Waals surface area contributed by atoms with Gasteiger partial charge in [-0.1, -0.05) is 310 Å². The van der Waals surface area contributed by atoms with E-state index in [0.29, 0.717) is 33.0 Å². The van der Waals surface area contributed by atoms with Crippen LogP contribution in [0.3, 0.4) is 0 Å². The average Bonchev–Trinajstić information content (AvgIpc) is 1.64. The maximum absolute atomic E-state index is 5.92. The van der Waals surface area contributed by atoms with Crippen molar-refractivity contribution in [1.82, 2.24) is 49.8 Å². The quantitative estimate of drug-likeness (QED) is 0.0233. The van der Waals surface area contributed by atoms with E-state index in [4.69, 9.17) is 67.5 Å². The first-order valence-corrected chi connectivity index (χ1v) is 57.4. The molecule has 0 aliphatic rings. The summed E-state index contributed by atoms with van der Waals surface area (Å²) in [5.74, 6) is 1.55. The Morgan fingerprint density at radius 1 is 0.345 bits per heavy atom. The van der Waals surface area contributed by atoms with E-state index in [1.54, 1.807) is 111 Å². The smallest absolute Gasteiger partial charge is 0.289 e. The largest absolute Gasteiger partial charge is 0.494 e. The molecule has 11 aromatic carbocycles. The second-order valence-electron chi connectivity index (χ2n) is 34.0.